The summed E-state index contributed by atoms with van der Waals surface area (Å²) in [6.07, 6.45) is 0. The van der Waals surface area contributed by atoms with Crippen LogP contribution >= 0.6 is 11.3 Å². The molecule has 0 radical (unpaired) electrons. The zero-order valence-corrected chi connectivity index (χ0v) is 36.0. The molecule has 0 aliphatic heterocycles. The molecule has 1 aliphatic carbocycles. The Bertz CT molecular complexity index is 3520. The largest absolute Gasteiger partial charge is 0.311 e. The van der Waals surface area contributed by atoms with E-state index in [-0.39, 0.29) is 5.41 Å². The average Bonchev–Trinajstić information content (AvgIpc) is 3.84. The smallest absolute Gasteiger partial charge is 0.0462 e. The van der Waals surface area contributed by atoms with Crippen LogP contribution in [0.5, 0.6) is 0 Å². The van der Waals surface area contributed by atoms with Crippen LogP contribution in [0.3, 0.4) is 0 Å². The summed E-state index contributed by atoms with van der Waals surface area (Å²) in [7, 11) is 0. The lowest BCUT2D eigenvalue weighted by Gasteiger charge is -2.27. The molecule has 0 spiro atoms. The van der Waals surface area contributed by atoms with Crippen LogP contribution in [0.4, 0.5) is 17.1 Å². The second-order valence-corrected chi connectivity index (χ2v) is 18.4. The molecule has 0 saturated carbocycles. The maximum Gasteiger partial charge on any atom is 0.0462 e. The molecule has 0 fully saturated rings. The number of fused-ring (bicyclic) bond motifs is 7. The zero-order chi connectivity index (χ0) is 42.1. The molecule has 10 aromatic carbocycles. The van der Waals surface area contributed by atoms with Gasteiger partial charge in [-0.2, -0.15) is 0 Å². The van der Waals surface area contributed by atoms with Crippen molar-refractivity contribution in [2.24, 2.45) is 0 Å². The summed E-state index contributed by atoms with van der Waals surface area (Å²) < 4.78 is 2.64. The van der Waals surface area contributed by atoms with Crippen molar-refractivity contribution >= 4 is 59.3 Å². The molecule has 63 heavy (non-hydrogen) atoms. The third-order valence-corrected chi connectivity index (χ3v) is 14.4. The fourth-order valence-electron chi connectivity index (χ4n) is 10.2. The van der Waals surface area contributed by atoms with E-state index in [9.17, 15) is 0 Å². The number of benzene rings is 10. The molecule has 1 aromatic heterocycles. The fourth-order valence-corrected chi connectivity index (χ4v) is 11.3. The van der Waals surface area contributed by atoms with Crippen molar-refractivity contribution in [3.8, 4) is 55.6 Å². The van der Waals surface area contributed by atoms with E-state index >= 15 is 0 Å². The van der Waals surface area contributed by atoms with Gasteiger partial charge in [-0.05, 0) is 138 Å². The Morgan fingerprint density at radius 2 is 0.857 bits per heavy atom. The van der Waals surface area contributed by atoms with E-state index in [0.717, 1.165) is 17.1 Å². The lowest BCUT2D eigenvalue weighted by Crippen LogP contribution is -2.16. The number of hydrogen-bond donors (Lipinski definition) is 0. The first-order valence-electron chi connectivity index (χ1n) is 21.8. The SMILES string of the molecule is CC1(C)c2ccccc2-c2cccc(-c3ccc(N(c4ccc(-c5cccc(-c6ccc7ccccc7c6)c5)cc4)c4ccc(-c5cccc6sc7ccccc7c56)cc4)cc3)c21. The second kappa shape index (κ2) is 14.8. The van der Waals surface area contributed by atoms with E-state index in [1.165, 1.54) is 97.7 Å². The van der Waals surface area contributed by atoms with Gasteiger partial charge in [0.2, 0.25) is 0 Å². The van der Waals surface area contributed by atoms with Crippen LogP contribution in [-0.2, 0) is 5.41 Å². The molecule has 298 valence electrons. The predicted molar refractivity (Wildman–Crippen MR) is 271 cm³/mol. The Morgan fingerprint density at radius 1 is 0.349 bits per heavy atom. The quantitative estimate of drug-likeness (QED) is 0.155. The van der Waals surface area contributed by atoms with Gasteiger partial charge in [-0.25, -0.2) is 0 Å². The Kier molecular flexibility index (Phi) is 8.77. The Balaban J connectivity index is 0.929. The molecule has 2 heteroatoms. The third kappa shape index (κ3) is 6.29. The van der Waals surface area contributed by atoms with Crippen LogP contribution in [0.2, 0.25) is 0 Å². The number of rotatable bonds is 7. The van der Waals surface area contributed by atoms with Gasteiger partial charge in [-0.15, -0.1) is 11.3 Å². The third-order valence-electron chi connectivity index (χ3n) is 13.3. The summed E-state index contributed by atoms with van der Waals surface area (Å²) in [5.74, 6) is 0. The summed E-state index contributed by atoms with van der Waals surface area (Å²) in [5.41, 5.74) is 18.5. The van der Waals surface area contributed by atoms with Crippen molar-refractivity contribution in [2.75, 3.05) is 4.90 Å². The van der Waals surface area contributed by atoms with E-state index in [2.05, 4.69) is 243 Å². The molecule has 1 aliphatic rings. The molecular weight excluding hydrogens is 779 g/mol. The highest BCUT2D eigenvalue weighted by Gasteiger charge is 2.37. The molecule has 11 aromatic rings. The molecule has 0 N–H and O–H groups in total. The maximum atomic E-state index is 2.39. The minimum absolute atomic E-state index is 0.0919. The first kappa shape index (κ1) is 37.3. The van der Waals surface area contributed by atoms with Crippen molar-refractivity contribution in [3.63, 3.8) is 0 Å². The molecule has 0 amide bonds. The predicted octanol–water partition coefficient (Wildman–Crippen LogP) is 17.7. The van der Waals surface area contributed by atoms with E-state index in [1.807, 2.05) is 11.3 Å². The lowest BCUT2D eigenvalue weighted by molar-refractivity contribution is 0.662. The van der Waals surface area contributed by atoms with Crippen molar-refractivity contribution < 1.29 is 0 Å². The number of thiophene rings is 1. The Labute approximate surface area is 372 Å². The van der Waals surface area contributed by atoms with Gasteiger partial charge in [0, 0.05) is 42.6 Å². The molecule has 1 heterocycles. The van der Waals surface area contributed by atoms with Gasteiger partial charge in [-0.3, -0.25) is 0 Å². The van der Waals surface area contributed by atoms with E-state index in [1.54, 1.807) is 0 Å². The van der Waals surface area contributed by atoms with Gasteiger partial charge in [0.05, 0.1) is 0 Å². The summed E-state index contributed by atoms with van der Waals surface area (Å²) >= 11 is 1.87. The van der Waals surface area contributed by atoms with Crippen molar-refractivity contribution in [1.29, 1.82) is 0 Å². The summed E-state index contributed by atoms with van der Waals surface area (Å²) in [5, 5.41) is 5.16. The van der Waals surface area contributed by atoms with Crippen LogP contribution in [0, 0.1) is 0 Å². The molecular formula is C61H43NS. The van der Waals surface area contributed by atoms with E-state index in [4.69, 9.17) is 0 Å². The topological polar surface area (TPSA) is 3.24 Å². The van der Waals surface area contributed by atoms with E-state index in [0.29, 0.717) is 0 Å². The zero-order valence-electron chi connectivity index (χ0n) is 35.2. The molecule has 0 atom stereocenters. The molecule has 0 bridgehead atoms. The molecule has 12 rings (SSSR count). The standard InChI is InChI=1S/C61H43NS/c1-61(2)56-21-7-5-16-53(56)54-20-10-19-52(60(54)61)43-30-36-50(37-31-43)62(49-34-28-42(29-35-49)51-18-11-23-58-59(51)55-17-6-8-22-57(55)63-58)48-32-26-41(27-33-48)45-14-9-15-46(38-45)47-25-24-40-12-3-4-13-44(40)39-47/h3-39H,1-2H3. The van der Waals surface area contributed by atoms with Gasteiger partial charge in [0.1, 0.15) is 0 Å². The molecule has 1 nitrogen and oxygen atoms in total. The Hall–Kier alpha value is -7.52. The minimum atomic E-state index is -0.0919. The van der Waals surface area contributed by atoms with Gasteiger partial charge in [-0.1, -0.05) is 178 Å². The molecule has 0 unspecified atom stereocenters. The van der Waals surface area contributed by atoms with Gasteiger partial charge in [0.25, 0.3) is 0 Å². The van der Waals surface area contributed by atoms with Crippen molar-refractivity contribution in [3.05, 3.63) is 236 Å². The minimum Gasteiger partial charge on any atom is -0.311 e. The van der Waals surface area contributed by atoms with Gasteiger partial charge >= 0.3 is 0 Å². The monoisotopic (exact) mass is 821 g/mol. The van der Waals surface area contributed by atoms with Crippen molar-refractivity contribution in [1.82, 2.24) is 0 Å². The van der Waals surface area contributed by atoms with Crippen LogP contribution in [0.1, 0.15) is 25.0 Å². The lowest BCUT2D eigenvalue weighted by atomic mass is 9.79. The maximum absolute atomic E-state index is 2.39. The number of nitrogens with zero attached hydrogens (tertiary/aromatic N) is 1. The van der Waals surface area contributed by atoms with Gasteiger partial charge in [0.15, 0.2) is 0 Å². The Morgan fingerprint density at radius 3 is 1.62 bits per heavy atom. The normalized spacial score (nSPS) is 12.7. The van der Waals surface area contributed by atoms with Crippen molar-refractivity contribution in [2.45, 2.75) is 19.3 Å². The van der Waals surface area contributed by atoms with Gasteiger partial charge < -0.3 is 4.90 Å². The number of anilines is 3. The summed E-state index contributed by atoms with van der Waals surface area (Å²) in [4.78, 5) is 2.39. The van der Waals surface area contributed by atoms with Crippen LogP contribution < -0.4 is 4.90 Å². The molecule has 0 saturated heterocycles. The van der Waals surface area contributed by atoms with Crippen LogP contribution in [0.25, 0.3) is 86.6 Å². The highest BCUT2D eigenvalue weighted by molar-refractivity contribution is 7.25. The van der Waals surface area contributed by atoms with Crippen LogP contribution in [0.15, 0.2) is 224 Å². The summed E-state index contributed by atoms with van der Waals surface area (Å²) in [6, 6.07) is 82.8. The first-order chi connectivity index (χ1) is 31.0. The highest BCUT2D eigenvalue weighted by Crippen LogP contribution is 2.52. The second-order valence-electron chi connectivity index (χ2n) is 17.3. The fraction of sp³-hybridized carbons (Fsp3) is 0.0492. The highest BCUT2D eigenvalue weighted by atomic mass is 32.1. The summed E-state index contributed by atoms with van der Waals surface area (Å²) in [6.45, 7) is 4.73. The van der Waals surface area contributed by atoms with Crippen LogP contribution in [-0.4, -0.2) is 0 Å². The first-order valence-corrected chi connectivity index (χ1v) is 22.6. The van der Waals surface area contributed by atoms with E-state index < -0.39 is 0 Å². The number of hydrogen-bond acceptors (Lipinski definition) is 2. The average molecular weight is 822 g/mol.